The molecule has 1 saturated heterocycles. The second-order valence-corrected chi connectivity index (χ2v) is 5.43. The van der Waals surface area contributed by atoms with Crippen molar-refractivity contribution in [1.82, 2.24) is 5.32 Å². The van der Waals surface area contributed by atoms with Crippen LogP contribution >= 0.6 is 11.6 Å². The third-order valence-electron chi connectivity index (χ3n) is 3.49. The molecule has 1 amide bonds. The van der Waals surface area contributed by atoms with Gasteiger partial charge in [0.15, 0.2) is 0 Å². The highest BCUT2D eigenvalue weighted by atomic mass is 35.5. The van der Waals surface area contributed by atoms with E-state index in [4.69, 9.17) is 16.3 Å². The first-order chi connectivity index (χ1) is 9.24. The fourth-order valence-corrected chi connectivity index (χ4v) is 2.43. The summed E-state index contributed by atoms with van der Waals surface area (Å²) in [5, 5.41) is 3.68. The Morgan fingerprint density at radius 1 is 1.26 bits per heavy atom. The second kappa shape index (κ2) is 7.51. The van der Waals surface area contributed by atoms with Crippen LogP contribution in [0.3, 0.4) is 0 Å². The molecule has 0 saturated carbocycles. The van der Waals surface area contributed by atoms with E-state index in [1.54, 1.807) is 0 Å². The summed E-state index contributed by atoms with van der Waals surface area (Å²) >= 11 is 5.81. The molecule has 1 aliphatic rings. The topological polar surface area (TPSA) is 38.3 Å². The first-order valence-corrected chi connectivity index (χ1v) is 7.21. The quantitative estimate of drug-likeness (QED) is 0.901. The first-order valence-electron chi connectivity index (χ1n) is 6.83. The molecule has 1 N–H and O–H groups in total. The Labute approximate surface area is 119 Å². The lowest BCUT2D eigenvalue weighted by Crippen LogP contribution is -2.28. The number of ether oxygens (including phenoxy) is 1. The third kappa shape index (κ3) is 5.21. The molecule has 4 heteroatoms. The van der Waals surface area contributed by atoms with Crippen molar-refractivity contribution in [2.75, 3.05) is 19.8 Å². The average Bonchev–Trinajstić information content (AvgIpc) is 2.43. The number of benzene rings is 1. The van der Waals surface area contributed by atoms with Gasteiger partial charge in [0.1, 0.15) is 0 Å². The van der Waals surface area contributed by atoms with Gasteiger partial charge >= 0.3 is 0 Å². The Morgan fingerprint density at radius 3 is 2.63 bits per heavy atom. The molecule has 0 spiro atoms. The van der Waals surface area contributed by atoms with Gasteiger partial charge in [0.2, 0.25) is 5.91 Å². The minimum atomic E-state index is 0.0781. The Morgan fingerprint density at radius 2 is 1.95 bits per heavy atom. The largest absolute Gasteiger partial charge is 0.381 e. The maximum atomic E-state index is 11.8. The smallest absolute Gasteiger partial charge is 0.224 e. The number of rotatable bonds is 5. The molecule has 1 fully saturated rings. The molecule has 0 aliphatic carbocycles. The van der Waals surface area contributed by atoms with Crippen LogP contribution in [0.15, 0.2) is 24.3 Å². The summed E-state index contributed by atoms with van der Waals surface area (Å²) in [4.78, 5) is 11.8. The number of nitrogens with one attached hydrogen (secondary N) is 1. The van der Waals surface area contributed by atoms with Crippen molar-refractivity contribution in [3.05, 3.63) is 34.9 Å². The number of carbonyl (C=O) groups is 1. The molecular weight excluding hydrogens is 262 g/mol. The molecule has 0 atom stereocenters. The molecule has 1 aromatic rings. The van der Waals surface area contributed by atoms with Crippen molar-refractivity contribution in [1.29, 1.82) is 0 Å². The molecule has 1 aromatic carbocycles. The van der Waals surface area contributed by atoms with Crippen molar-refractivity contribution >= 4 is 17.5 Å². The standard InChI is InChI=1S/C15H20ClNO2/c16-14-3-1-13(2-4-14)11-15(18)17-8-5-12-6-9-19-10-7-12/h1-4,12H,5-11H2,(H,17,18). The van der Waals surface area contributed by atoms with Crippen LogP contribution in [0.2, 0.25) is 5.02 Å². The Bertz CT molecular complexity index is 399. The van der Waals surface area contributed by atoms with Gasteiger partial charge in [-0.3, -0.25) is 4.79 Å². The summed E-state index contributed by atoms with van der Waals surface area (Å²) in [5.74, 6) is 0.777. The van der Waals surface area contributed by atoms with Gasteiger partial charge in [-0.15, -0.1) is 0 Å². The van der Waals surface area contributed by atoms with E-state index in [0.29, 0.717) is 17.4 Å². The zero-order valence-electron chi connectivity index (χ0n) is 11.0. The molecule has 3 nitrogen and oxygen atoms in total. The number of amides is 1. The van der Waals surface area contributed by atoms with Crippen molar-refractivity contribution < 1.29 is 9.53 Å². The highest BCUT2D eigenvalue weighted by molar-refractivity contribution is 6.30. The molecule has 2 rings (SSSR count). The molecule has 0 bridgehead atoms. The van der Waals surface area contributed by atoms with Crippen molar-refractivity contribution in [2.45, 2.75) is 25.7 Å². The Balaban J connectivity index is 1.65. The van der Waals surface area contributed by atoms with E-state index in [1.165, 1.54) is 0 Å². The van der Waals surface area contributed by atoms with Gasteiger partial charge in [-0.2, -0.15) is 0 Å². The van der Waals surface area contributed by atoms with Crippen molar-refractivity contribution in [3.8, 4) is 0 Å². The predicted molar refractivity (Wildman–Crippen MR) is 76.3 cm³/mol. The van der Waals surface area contributed by atoms with Gasteiger partial charge in [0, 0.05) is 24.8 Å². The van der Waals surface area contributed by atoms with E-state index in [9.17, 15) is 4.79 Å². The molecule has 0 unspecified atom stereocenters. The van der Waals surface area contributed by atoms with Crippen LogP contribution in [-0.2, 0) is 16.0 Å². The first kappa shape index (κ1) is 14.4. The summed E-state index contributed by atoms with van der Waals surface area (Å²) in [6.45, 7) is 2.49. The molecule has 19 heavy (non-hydrogen) atoms. The van der Waals surface area contributed by atoms with Crippen LogP contribution in [0.1, 0.15) is 24.8 Å². The van der Waals surface area contributed by atoms with Crippen LogP contribution in [0, 0.1) is 5.92 Å². The monoisotopic (exact) mass is 281 g/mol. The highest BCUT2D eigenvalue weighted by Crippen LogP contribution is 2.17. The number of halogens is 1. The predicted octanol–water partition coefficient (Wildman–Crippen LogP) is 2.82. The zero-order valence-corrected chi connectivity index (χ0v) is 11.8. The summed E-state index contributed by atoms with van der Waals surface area (Å²) in [6.07, 6.45) is 3.71. The molecule has 0 aromatic heterocycles. The van der Waals surface area contributed by atoms with Gasteiger partial charge in [0.05, 0.1) is 6.42 Å². The fourth-order valence-electron chi connectivity index (χ4n) is 2.30. The Hall–Kier alpha value is -1.06. The lowest BCUT2D eigenvalue weighted by molar-refractivity contribution is -0.120. The van der Waals surface area contributed by atoms with Crippen molar-refractivity contribution in [2.24, 2.45) is 5.92 Å². The lowest BCUT2D eigenvalue weighted by atomic mass is 9.97. The van der Waals surface area contributed by atoms with E-state index in [2.05, 4.69) is 5.32 Å². The minimum Gasteiger partial charge on any atom is -0.381 e. The second-order valence-electron chi connectivity index (χ2n) is 5.00. The third-order valence-corrected chi connectivity index (χ3v) is 3.75. The van der Waals surface area contributed by atoms with Crippen molar-refractivity contribution in [3.63, 3.8) is 0 Å². The van der Waals surface area contributed by atoms with E-state index in [0.717, 1.165) is 44.6 Å². The van der Waals surface area contributed by atoms with Crippen LogP contribution < -0.4 is 5.32 Å². The normalized spacial score (nSPS) is 16.3. The number of hydrogen-bond acceptors (Lipinski definition) is 2. The molecular formula is C15H20ClNO2. The highest BCUT2D eigenvalue weighted by Gasteiger charge is 2.13. The molecule has 1 heterocycles. The number of carbonyl (C=O) groups excluding carboxylic acids is 1. The van der Waals surface area contributed by atoms with Gasteiger partial charge in [-0.1, -0.05) is 23.7 Å². The maximum Gasteiger partial charge on any atom is 0.224 e. The number of hydrogen-bond donors (Lipinski definition) is 1. The van der Waals surface area contributed by atoms with E-state index < -0.39 is 0 Å². The summed E-state index contributed by atoms with van der Waals surface area (Å²) in [5.41, 5.74) is 0.993. The lowest BCUT2D eigenvalue weighted by Gasteiger charge is -2.21. The van der Waals surface area contributed by atoms with Gasteiger partial charge in [0.25, 0.3) is 0 Å². The summed E-state index contributed by atoms with van der Waals surface area (Å²) < 4.78 is 5.32. The van der Waals surface area contributed by atoms with E-state index in [-0.39, 0.29) is 5.91 Å². The maximum absolute atomic E-state index is 11.8. The van der Waals surface area contributed by atoms with E-state index >= 15 is 0 Å². The molecule has 1 aliphatic heterocycles. The molecule has 104 valence electrons. The average molecular weight is 282 g/mol. The zero-order chi connectivity index (χ0) is 13.5. The summed E-state index contributed by atoms with van der Waals surface area (Å²) in [6, 6.07) is 7.40. The van der Waals surface area contributed by atoms with Crippen LogP contribution in [0.4, 0.5) is 0 Å². The van der Waals surface area contributed by atoms with Gasteiger partial charge in [-0.05, 0) is 42.9 Å². The SMILES string of the molecule is O=C(Cc1ccc(Cl)cc1)NCCC1CCOCC1. The van der Waals surface area contributed by atoms with Crippen LogP contribution in [0.25, 0.3) is 0 Å². The van der Waals surface area contributed by atoms with Crippen LogP contribution in [0.5, 0.6) is 0 Å². The van der Waals surface area contributed by atoms with E-state index in [1.807, 2.05) is 24.3 Å². The van der Waals surface area contributed by atoms with Gasteiger partial charge in [-0.25, -0.2) is 0 Å². The van der Waals surface area contributed by atoms with Gasteiger partial charge < -0.3 is 10.1 Å². The fraction of sp³-hybridized carbons (Fsp3) is 0.533. The minimum absolute atomic E-state index is 0.0781. The van der Waals surface area contributed by atoms with Crippen LogP contribution in [-0.4, -0.2) is 25.7 Å². The molecule has 0 radical (unpaired) electrons. The Kier molecular flexibility index (Phi) is 5.67. The summed E-state index contributed by atoms with van der Waals surface area (Å²) in [7, 11) is 0.